The van der Waals surface area contributed by atoms with E-state index in [1.807, 2.05) is 37.4 Å². The maximum atomic E-state index is 5.83. The van der Waals surface area contributed by atoms with E-state index in [4.69, 9.17) is 10.2 Å². The molecule has 0 aliphatic carbocycles. The zero-order valence-corrected chi connectivity index (χ0v) is 13.2. The van der Waals surface area contributed by atoms with Crippen molar-refractivity contribution in [1.82, 2.24) is 10.3 Å². The van der Waals surface area contributed by atoms with Crippen LogP contribution in [0.1, 0.15) is 5.76 Å². The molecule has 0 amide bonds. The third kappa shape index (κ3) is 4.86. The number of rotatable bonds is 8. The van der Waals surface area contributed by atoms with Gasteiger partial charge in [-0.2, -0.15) is 5.10 Å². The number of nitrogens with two attached hydrogens (primary N) is 1. The number of anilines is 1. The van der Waals surface area contributed by atoms with E-state index in [-0.39, 0.29) is 5.96 Å². The second-order valence-corrected chi connectivity index (χ2v) is 5.10. The summed E-state index contributed by atoms with van der Waals surface area (Å²) >= 11 is 0. The van der Waals surface area contributed by atoms with E-state index in [1.165, 1.54) is 0 Å². The number of nitrogens with zero attached hydrogens (tertiary/aromatic N) is 3. The monoisotopic (exact) mass is 314 g/mol. The minimum Gasteiger partial charge on any atom is -0.460 e. The topological polar surface area (TPSA) is 91.2 Å². The second-order valence-electron chi connectivity index (χ2n) is 5.10. The molecule has 122 valence electrons. The van der Waals surface area contributed by atoms with E-state index in [9.17, 15) is 0 Å². The number of hydrogen-bond donors (Lipinski definition) is 3. The van der Waals surface area contributed by atoms with Gasteiger partial charge in [0.2, 0.25) is 5.96 Å². The maximum absolute atomic E-state index is 5.83. The highest BCUT2D eigenvalue weighted by atomic mass is 16.3. The van der Waals surface area contributed by atoms with E-state index < -0.39 is 0 Å². The minimum absolute atomic E-state index is 0.212. The van der Waals surface area contributed by atoms with E-state index in [0.29, 0.717) is 6.67 Å². The number of aliphatic imine (C=N–C) groups is 1. The summed E-state index contributed by atoms with van der Waals surface area (Å²) in [6, 6.07) is 7.93. The van der Waals surface area contributed by atoms with Gasteiger partial charge in [-0.1, -0.05) is 6.08 Å². The summed E-state index contributed by atoms with van der Waals surface area (Å²) in [4.78, 5) is 6.18. The van der Waals surface area contributed by atoms with Gasteiger partial charge in [0.1, 0.15) is 18.0 Å². The number of fused-ring (bicyclic) bond motifs is 1. The highest BCUT2D eigenvalue weighted by Crippen LogP contribution is 2.23. The van der Waals surface area contributed by atoms with Gasteiger partial charge in [-0.3, -0.25) is 4.90 Å². The minimum atomic E-state index is 0.212. The van der Waals surface area contributed by atoms with Gasteiger partial charge < -0.3 is 15.5 Å². The lowest BCUT2D eigenvalue weighted by atomic mass is 10.2. The molecule has 7 heteroatoms. The first-order chi connectivity index (χ1) is 11.1. The highest BCUT2D eigenvalue weighted by molar-refractivity contribution is 5.82. The number of furan rings is 1. The fourth-order valence-corrected chi connectivity index (χ4v) is 2.17. The van der Waals surface area contributed by atoms with Crippen molar-refractivity contribution >= 4 is 29.3 Å². The first-order valence-corrected chi connectivity index (χ1v) is 7.20. The maximum Gasteiger partial charge on any atom is 0.211 e. The van der Waals surface area contributed by atoms with Gasteiger partial charge in [-0.15, -0.1) is 6.58 Å². The van der Waals surface area contributed by atoms with Gasteiger partial charge in [0, 0.05) is 24.3 Å². The summed E-state index contributed by atoms with van der Waals surface area (Å²) < 4.78 is 5.83. The average molecular weight is 314 g/mol. The molecular formula is C16H22N6O. The number of benzene rings is 1. The van der Waals surface area contributed by atoms with Crippen LogP contribution < -0.4 is 16.5 Å². The van der Waals surface area contributed by atoms with Crippen molar-refractivity contribution in [2.75, 3.05) is 25.6 Å². The molecule has 1 aromatic carbocycles. The van der Waals surface area contributed by atoms with Crippen molar-refractivity contribution in [3.05, 3.63) is 42.7 Å². The lowest BCUT2D eigenvalue weighted by molar-refractivity contribution is 0.328. The van der Waals surface area contributed by atoms with Crippen LogP contribution in [-0.2, 0) is 6.54 Å². The predicted octanol–water partition coefficient (Wildman–Crippen LogP) is 1.94. The Morgan fingerprint density at radius 2 is 2.26 bits per heavy atom. The lowest BCUT2D eigenvalue weighted by Gasteiger charge is -2.11. The molecule has 1 heterocycles. The van der Waals surface area contributed by atoms with Crippen LogP contribution in [0.4, 0.5) is 5.69 Å². The molecule has 0 saturated heterocycles. The zero-order chi connectivity index (χ0) is 16.7. The number of nitrogens with one attached hydrogen (secondary N) is 2. The van der Waals surface area contributed by atoms with E-state index >= 15 is 0 Å². The Morgan fingerprint density at radius 3 is 3.00 bits per heavy atom. The molecular weight excluding hydrogens is 292 g/mol. The third-order valence-corrected chi connectivity index (χ3v) is 3.16. The molecule has 0 bridgehead atoms. The van der Waals surface area contributed by atoms with E-state index in [1.54, 1.807) is 0 Å². The molecule has 23 heavy (non-hydrogen) atoms. The highest BCUT2D eigenvalue weighted by Gasteiger charge is 2.06. The molecule has 0 atom stereocenters. The smallest absolute Gasteiger partial charge is 0.211 e. The molecule has 4 N–H and O–H groups in total. The second kappa shape index (κ2) is 8.00. The zero-order valence-electron chi connectivity index (χ0n) is 13.2. The van der Waals surface area contributed by atoms with Crippen molar-refractivity contribution in [1.29, 1.82) is 0 Å². The number of hydrazone groups is 1. The molecule has 7 nitrogen and oxygen atoms in total. The summed E-state index contributed by atoms with van der Waals surface area (Å²) in [5.41, 5.74) is 9.82. The fourth-order valence-electron chi connectivity index (χ4n) is 2.17. The number of hydrogen-bond acceptors (Lipinski definition) is 5. The van der Waals surface area contributed by atoms with Crippen LogP contribution >= 0.6 is 0 Å². The fraction of sp³-hybridized carbons (Fsp3) is 0.250. The molecule has 2 rings (SSSR count). The summed E-state index contributed by atoms with van der Waals surface area (Å²) in [6.45, 7) is 8.91. The quantitative estimate of drug-likeness (QED) is 0.300. The predicted molar refractivity (Wildman–Crippen MR) is 95.5 cm³/mol. The molecule has 1 aromatic heterocycles. The van der Waals surface area contributed by atoms with Crippen LogP contribution in [0.15, 0.2) is 51.4 Å². The summed E-state index contributed by atoms with van der Waals surface area (Å²) in [7, 11) is 2.02. The Labute approximate surface area is 135 Å². The van der Waals surface area contributed by atoms with E-state index in [0.717, 1.165) is 35.5 Å². The van der Waals surface area contributed by atoms with Crippen LogP contribution in [-0.4, -0.2) is 37.8 Å². The largest absolute Gasteiger partial charge is 0.460 e. The van der Waals surface area contributed by atoms with Crippen LogP contribution in [0.25, 0.3) is 11.0 Å². The average Bonchev–Trinajstić information content (AvgIpc) is 2.89. The summed E-state index contributed by atoms with van der Waals surface area (Å²) in [5.74, 6) is 1.13. The van der Waals surface area contributed by atoms with Gasteiger partial charge in [0.25, 0.3) is 0 Å². The molecule has 0 unspecified atom stereocenters. The Kier molecular flexibility index (Phi) is 5.76. The van der Waals surface area contributed by atoms with Crippen molar-refractivity contribution in [2.24, 2.45) is 15.8 Å². The Hall–Kier alpha value is -2.80. The standard InChI is InChI=1S/C16H22N6O/c1-4-7-22(3)10-14-9-12-8-13(5-6-15(12)23-14)19-11-20-16(17)21-18-2/h4-6,8-9,19H,1-2,7,10-11H2,3H3,(H3,17,20,21). The van der Waals surface area contributed by atoms with E-state index in [2.05, 4.69) is 39.0 Å². The normalized spacial score (nSPS) is 11.7. The van der Waals surface area contributed by atoms with Gasteiger partial charge in [-0.05, 0) is 31.3 Å². The lowest BCUT2D eigenvalue weighted by Crippen LogP contribution is -2.27. The van der Waals surface area contributed by atoms with Crippen LogP contribution in [0.2, 0.25) is 0 Å². The number of guanidine groups is 1. The van der Waals surface area contributed by atoms with Crippen molar-refractivity contribution in [3.8, 4) is 0 Å². The summed E-state index contributed by atoms with van der Waals surface area (Å²) in [5, 5.41) is 7.64. The van der Waals surface area contributed by atoms with Crippen molar-refractivity contribution in [2.45, 2.75) is 6.54 Å². The molecule has 0 saturated carbocycles. The molecule has 0 aliphatic heterocycles. The van der Waals surface area contributed by atoms with Crippen LogP contribution in [0, 0.1) is 0 Å². The Morgan fingerprint density at radius 1 is 1.43 bits per heavy atom. The third-order valence-electron chi connectivity index (χ3n) is 3.16. The molecule has 0 fully saturated rings. The van der Waals surface area contributed by atoms with Gasteiger partial charge in [0.15, 0.2) is 0 Å². The van der Waals surface area contributed by atoms with Crippen molar-refractivity contribution in [3.63, 3.8) is 0 Å². The van der Waals surface area contributed by atoms with Crippen LogP contribution in [0.3, 0.4) is 0 Å². The number of likely N-dealkylation sites (N-methyl/N-ethyl adjacent to an activating group) is 1. The SMILES string of the molecule is C=CCN(C)Cc1cc2cc(NC/N=C(/N)NN=C)ccc2o1. The first-order valence-electron chi connectivity index (χ1n) is 7.20. The molecule has 0 spiro atoms. The van der Waals surface area contributed by atoms with Crippen LogP contribution in [0.5, 0.6) is 0 Å². The van der Waals surface area contributed by atoms with Gasteiger partial charge in [0.05, 0.1) is 6.54 Å². The first kappa shape index (κ1) is 16.6. The van der Waals surface area contributed by atoms with Gasteiger partial charge in [-0.25, -0.2) is 10.4 Å². The molecule has 0 aliphatic rings. The Bertz CT molecular complexity index is 706. The molecule has 2 aromatic rings. The summed E-state index contributed by atoms with van der Waals surface area (Å²) in [6.07, 6.45) is 1.87. The van der Waals surface area contributed by atoms with Crippen molar-refractivity contribution < 1.29 is 4.42 Å². The molecule has 0 radical (unpaired) electrons. The van der Waals surface area contributed by atoms with Gasteiger partial charge >= 0.3 is 0 Å². The Balaban J connectivity index is 2.02.